The van der Waals surface area contributed by atoms with Gasteiger partial charge in [0.15, 0.2) is 0 Å². The molecule has 0 unspecified atom stereocenters. The minimum absolute atomic E-state index is 0.0657. The van der Waals surface area contributed by atoms with Crippen LogP contribution < -0.4 is 11.2 Å². The van der Waals surface area contributed by atoms with Crippen molar-refractivity contribution < 1.29 is 5.11 Å². The average molecular weight is 345 g/mol. The first-order valence-electron chi connectivity index (χ1n) is 6.81. The molecule has 1 aliphatic rings. The van der Waals surface area contributed by atoms with E-state index in [0.29, 0.717) is 11.0 Å². The number of nitrogens with one attached hydrogen (secondary N) is 1. The maximum absolute atomic E-state index is 11.9. The lowest BCUT2D eigenvalue weighted by Crippen LogP contribution is -2.42. The summed E-state index contributed by atoms with van der Waals surface area (Å²) in [5.41, 5.74) is -0.955. The molecule has 5 nitrogen and oxygen atoms in total. The van der Waals surface area contributed by atoms with Gasteiger partial charge in [-0.1, -0.05) is 20.8 Å². The molecular weight excluding hydrogens is 324 g/mol. The molecule has 2 rings (SSSR count). The van der Waals surface area contributed by atoms with Crippen molar-refractivity contribution >= 4 is 15.9 Å². The molecule has 1 aliphatic carbocycles. The van der Waals surface area contributed by atoms with Crippen molar-refractivity contribution in [2.45, 2.75) is 40.2 Å². The Morgan fingerprint density at radius 3 is 2.65 bits per heavy atom. The fourth-order valence-electron chi connectivity index (χ4n) is 3.25. The van der Waals surface area contributed by atoms with Crippen LogP contribution in [0.4, 0.5) is 0 Å². The number of rotatable bonds is 3. The number of aliphatic hydroxyl groups is 1. The third kappa shape index (κ3) is 2.39. The van der Waals surface area contributed by atoms with Crippen molar-refractivity contribution in [1.82, 2.24) is 9.55 Å². The molecular formula is C14H21BrN2O3. The van der Waals surface area contributed by atoms with Gasteiger partial charge in [-0.05, 0) is 45.5 Å². The van der Waals surface area contributed by atoms with E-state index in [2.05, 4.69) is 41.7 Å². The maximum atomic E-state index is 11.9. The van der Waals surface area contributed by atoms with Crippen LogP contribution in [0.15, 0.2) is 20.3 Å². The van der Waals surface area contributed by atoms with Crippen LogP contribution >= 0.6 is 15.9 Å². The minimum atomic E-state index is -0.407. The molecule has 0 aromatic carbocycles. The lowest BCUT2D eigenvalue weighted by atomic mass is 9.66. The number of halogens is 1. The molecule has 1 aromatic rings. The molecule has 0 amide bonds. The van der Waals surface area contributed by atoms with Gasteiger partial charge in [0.1, 0.15) is 0 Å². The highest BCUT2D eigenvalue weighted by molar-refractivity contribution is 9.10. The minimum Gasteiger partial charge on any atom is -0.396 e. The summed E-state index contributed by atoms with van der Waals surface area (Å²) in [4.78, 5) is 25.6. The van der Waals surface area contributed by atoms with E-state index < -0.39 is 5.56 Å². The summed E-state index contributed by atoms with van der Waals surface area (Å²) in [7, 11) is 0. The normalized spacial score (nSPS) is 28.8. The zero-order valence-corrected chi connectivity index (χ0v) is 13.7. The molecule has 1 heterocycles. The fourth-order valence-corrected chi connectivity index (χ4v) is 3.59. The Morgan fingerprint density at radius 2 is 2.10 bits per heavy atom. The molecule has 6 heteroatoms. The Labute approximate surface area is 126 Å². The van der Waals surface area contributed by atoms with E-state index in [1.54, 1.807) is 10.8 Å². The Morgan fingerprint density at radius 1 is 1.45 bits per heavy atom. The van der Waals surface area contributed by atoms with Crippen LogP contribution in [0.5, 0.6) is 0 Å². The van der Waals surface area contributed by atoms with Gasteiger partial charge in [0.25, 0.3) is 5.56 Å². The smallest absolute Gasteiger partial charge is 0.328 e. The number of aliphatic hydroxyl groups excluding tert-OH is 1. The van der Waals surface area contributed by atoms with Crippen LogP contribution in [0.25, 0.3) is 0 Å². The lowest BCUT2D eigenvalue weighted by molar-refractivity contribution is 0.0416. The Hall–Kier alpha value is -0.880. The molecule has 1 fully saturated rings. The van der Waals surface area contributed by atoms with Crippen molar-refractivity contribution in [3.05, 3.63) is 31.5 Å². The zero-order valence-electron chi connectivity index (χ0n) is 12.1. The van der Waals surface area contributed by atoms with Gasteiger partial charge in [-0.2, -0.15) is 0 Å². The third-order valence-electron chi connectivity index (χ3n) is 5.33. The summed E-state index contributed by atoms with van der Waals surface area (Å²) < 4.78 is 1.91. The van der Waals surface area contributed by atoms with E-state index in [0.717, 1.165) is 12.8 Å². The number of aromatic amines is 1. The van der Waals surface area contributed by atoms with Crippen LogP contribution in [0, 0.1) is 16.7 Å². The summed E-state index contributed by atoms with van der Waals surface area (Å²) in [6, 6.07) is 0. The van der Waals surface area contributed by atoms with E-state index in [-0.39, 0.29) is 29.0 Å². The SMILES string of the molecule is CC1(C)[C@@H](CO)CC[C@@]1(C)Cn1cc(Br)c(=O)[nH]c1=O. The van der Waals surface area contributed by atoms with Gasteiger partial charge in [0, 0.05) is 19.3 Å². The first kappa shape index (κ1) is 15.5. The van der Waals surface area contributed by atoms with Gasteiger partial charge in [0.2, 0.25) is 0 Å². The zero-order chi connectivity index (χ0) is 15.1. The van der Waals surface area contributed by atoms with E-state index in [4.69, 9.17) is 0 Å². The van der Waals surface area contributed by atoms with Gasteiger partial charge in [-0.3, -0.25) is 14.3 Å². The van der Waals surface area contributed by atoms with E-state index in [9.17, 15) is 14.7 Å². The van der Waals surface area contributed by atoms with Gasteiger partial charge >= 0.3 is 5.69 Å². The molecule has 0 bridgehead atoms. The quantitative estimate of drug-likeness (QED) is 0.876. The van der Waals surface area contributed by atoms with Gasteiger partial charge < -0.3 is 5.11 Å². The Balaban J connectivity index is 2.37. The first-order valence-corrected chi connectivity index (χ1v) is 7.61. The summed E-state index contributed by atoms with van der Waals surface area (Å²) in [6.07, 6.45) is 3.46. The van der Waals surface area contributed by atoms with Crippen molar-refractivity contribution in [2.24, 2.45) is 16.7 Å². The summed E-state index contributed by atoms with van der Waals surface area (Å²) in [5.74, 6) is 0.245. The predicted octanol–water partition coefficient (Wildman–Crippen LogP) is 1.73. The summed E-state index contributed by atoms with van der Waals surface area (Å²) in [6.45, 7) is 7.14. The van der Waals surface area contributed by atoms with Gasteiger partial charge in [-0.25, -0.2) is 4.79 Å². The molecule has 2 N–H and O–H groups in total. The van der Waals surface area contributed by atoms with Gasteiger partial charge in [-0.15, -0.1) is 0 Å². The third-order valence-corrected chi connectivity index (χ3v) is 5.89. The molecule has 0 aliphatic heterocycles. The second-order valence-corrected chi connectivity index (χ2v) is 7.42. The van der Waals surface area contributed by atoms with Crippen molar-refractivity contribution in [1.29, 1.82) is 0 Å². The van der Waals surface area contributed by atoms with E-state index in [1.807, 2.05) is 0 Å². The van der Waals surface area contributed by atoms with Crippen molar-refractivity contribution in [2.75, 3.05) is 6.61 Å². The van der Waals surface area contributed by atoms with Crippen LogP contribution in [0.1, 0.15) is 33.6 Å². The van der Waals surface area contributed by atoms with Crippen LogP contribution in [0.2, 0.25) is 0 Å². The number of hydrogen-bond acceptors (Lipinski definition) is 3. The number of H-pyrrole nitrogens is 1. The molecule has 0 radical (unpaired) electrons. The number of hydrogen-bond donors (Lipinski definition) is 2. The van der Waals surface area contributed by atoms with E-state index in [1.165, 1.54) is 0 Å². The fraction of sp³-hybridized carbons (Fsp3) is 0.714. The highest BCUT2D eigenvalue weighted by Crippen LogP contribution is 2.56. The monoisotopic (exact) mass is 344 g/mol. The Bertz CT molecular complexity index is 620. The topological polar surface area (TPSA) is 75.1 Å². The molecule has 2 atom stereocenters. The molecule has 20 heavy (non-hydrogen) atoms. The molecule has 0 spiro atoms. The molecule has 1 saturated carbocycles. The second kappa shape index (κ2) is 5.15. The number of nitrogens with zero attached hydrogens (tertiary/aromatic N) is 1. The van der Waals surface area contributed by atoms with Crippen LogP contribution in [0.3, 0.4) is 0 Å². The first-order chi connectivity index (χ1) is 9.21. The van der Waals surface area contributed by atoms with Crippen molar-refractivity contribution in [3.63, 3.8) is 0 Å². The second-order valence-electron chi connectivity index (χ2n) is 6.56. The molecule has 1 aromatic heterocycles. The maximum Gasteiger partial charge on any atom is 0.328 e. The Kier molecular flexibility index (Phi) is 3.99. The van der Waals surface area contributed by atoms with E-state index >= 15 is 0 Å². The summed E-state index contributed by atoms with van der Waals surface area (Å²) in [5, 5.41) is 9.51. The highest BCUT2D eigenvalue weighted by Gasteiger charge is 2.51. The summed E-state index contributed by atoms with van der Waals surface area (Å²) >= 11 is 3.16. The van der Waals surface area contributed by atoms with Crippen LogP contribution in [-0.2, 0) is 6.54 Å². The lowest BCUT2D eigenvalue weighted by Gasteiger charge is -2.41. The van der Waals surface area contributed by atoms with Crippen molar-refractivity contribution in [3.8, 4) is 0 Å². The largest absolute Gasteiger partial charge is 0.396 e. The average Bonchev–Trinajstić information content (AvgIpc) is 2.57. The molecule has 112 valence electrons. The standard InChI is InChI=1S/C14H21BrN2O3/c1-13(2)9(7-18)4-5-14(13,3)8-17-6-10(15)11(19)16-12(17)20/h6,9,18H,4-5,7-8H2,1-3H3,(H,16,19,20)/t9-,14+/m1/s1. The van der Waals surface area contributed by atoms with Gasteiger partial charge in [0.05, 0.1) is 4.47 Å². The number of aromatic nitrogens is 2. The highest BCUT2D eigenvalue weighted by atomic mass is 79.9. The van der Waals surface area contributed by atoms with Crippen LogP contribution in [-0.4, -0.2) is 21.3 Å². The predicted molar refractivity (Wildman–Crippen MR) is 80.7 cm³/mol. The molecule has 0 saturated heterocycles.